The van der Waals surface area contributed by atoms with Crippen molar-refractivity contribution in [3.05, 3.63) is 48.3 Å². The minimum Gasteiger partial charge on any atom is -0.490 e. The van der Waals surface area contributed by atoms with Crippen LogP contribution < -0.4 is 4.74 Å². The zero-order chi connectivity index (χ0) is 11.9. The highest BCUT2D eigenvalue weighted by Crippen LogP contribution is 2.14. The maximum absolute atomic E-state index is 8.85. The summed E-state index contributed by atoms with van der Waals surface area (Å²) in [5, 5.41) is 8.85. The van der Waals surface area contributed by atoms with Crippen LogP contribution in [-0.2, 0) is 6.42 Å². The van der Waals surface area contributed by atoms with Crippen molar-refractivity contribution in [2.24, 2.45) is 0 Å². The van der Waals surface area contributed by atoms with Gasteiger partial charge in [-0.3, -0.25) is 15.0 Å². The number of hydrogen-bond acceptors (Lipinski definition) is 5. The van der Waals surface area contributed by atoms with Crippen molar-refractivity contribution in [1.29, 1.82) is 5.26 Å². The molecule has 0 aliphatic heterocycles. The second-order valence-electron chi connectivity index (χ2n) is 3.28. The first-order valence-corrected chi connectivity index (χ1v) is 5.12. The molecule has 0 aliphatic carbocycles. The Hall–Kier alpha value is -2.48. The van der Waals surface area contributed by atoms with Gasteiger partial charge in [0.25, 0.3) is 0 Å². The van der Waals surface area contributed by atoms with E-state index in [4.69, 9.17) is 10.00 Å². The Morgan fingerprint density at radius 2 is 2.06 bits per heavy atom. The van der Waals surface area contributed by atoms with Gasteiger partial charge in [0.1, 0.15) is 6.07 Å². The van der Waals surface area contributed by atoms with Crippen LogP contribution in [-0.4, -0.2) is 21.6 Å². The fraction of sp³-hybridized carbons (Fsp3) is 0.167. The minimum absolute atomic E-state index is 0.444. The summed E-state index contributed by atoms with van der Waals surface area (Å²) < 4.78 is 5.48. The first-order chi connectivity index (χ1) is 8.40. The number of rotatable bonds is 4. The fourth-order valence-electron chi connectivity index (χ4n) is 1.31. The highest BCUT2D eigenvalue weighted by atomic mass is 16.5. The third kappa shape index (κ3) is 2.98. The summed E-state index contributed by atoms with van der Waals surface area (Å²) in [6.45, 7) is 0.444. The monoisotopic (exact) mass is 226 g/mol. The zero-order valence-electron chi connectivity index (χ0n) is 9.08. The standard InChI is InChI=1S/C12H10N4O/c13-7-10-1-3-14-9-12(10)17-6-2-11-8-15-4-5-16-11/h1,3-5,8-9H,2,6H2. The Morgan fingerprint density at radius 3 is 2.82 bits per heavy atom. The Kier molecular flexibility index (Phi) is 3.61. The molecular formula is C12H10N4O. The number of nitrogens with zero attached hydrogens (tertiary/aromatic N) is 4. The summed E-state index contributed by atoms with van der Waals surface area (Å²) in [5.41, 5.74) is 1.34. The zero-order valence-corrected chi connectivity index (χ0v) is 9.08. The number of hydrogen-bond donors (Lipinski definition) is 0. The molecule has 0 bridgehead atoms. The highest BCUT2D eigenvalue weighted by molar-refractivity contribution is 5.40. The van der Waals surface area contributed by atoms with Crippen molar-refractivity contribution < 1.29 is 4.74 Å². The molecule has 17 heavy (non-hydrogen) atoms. The van der Waals surface area contributed by atoms with Gasteiger partial charge in [-0.15, -0.1) is 0 Å². The van der Waals surface area contributed by atoms with E-state index in [9.17, 15) is 0 Å². The van der Waals surface area contributed by atoms with Crippen LogP contribution >= 0.6 is 0 Å². The molecule has 5 nitrogen and oxygen atoms in total. The summed E-state index contributed by atoms with van der Waals surface area (Å²) in [6.07, 6.45) is 8.70. The second-order valence-corrected chi connectivity index (χ2v) is 3.28. The molecule has 0 radical (unpaired) electrons. The van der Waals surface area contributed by atoms with Gasteiger partial charge in [-0.05, 0) is 6.07 Å². The van der Waals surface area contributed by atoms with Crippen LogP contribution in [0.15, 0.2) is 37.1 Å². The van der Waals surface area contributed by atoms with Gasteiger partial charge in [0.05, 0.1) is 24.1 Å². The molecule has 5 heteroatoms. The molecule has 2 rings (SSSR count). The summed E-state index contributed by atoms with van der Waals surface area (Å²) in [6, 6.07) is 3.67. The molecule has 0 spiro atoms. The minimum atomic E-state index is 0.444. The normalized spacial score (nSPS) is 9.59. The lowest BCUT2D eigenvalue weighted by atomic mass is 10.3. The number of ether oxygens (including phenoxy) is 1. The lowest BCUT2D eigenvalue weighted by Gasteiger charge is -2.06. The molecule has 0 amide bonds. The van der Waals surface area contributed by atoms with Crippen LogP contribution in [0.3, 0.4) is 0 Å². The molecule has 0 N–H and O–H groups in total. The number of aromatic nitrogens is 3. The average Bonchev–Trinajstić information content (AvgIpc) is 2.40. The van der Waals surface area contributed by atoms with Gasteiger partial charge in [0.15, 0.2) is 5.75 Å². The number of pyridine rings is 1. The molecule has 0 atom stereocenters. The molecule has 0 fully saturated rings. The van der Waals surface area contributed by atoms with Crippen molar-refractivity contribution in [2.75, 3.05) is 6.61 Å². The van der Waals surface area contributed by atoms with Gasteiger partial charge < -0.3 is 4.74 Å². The summed E-state index contributed by atoms with van der Waals surface area (Å²) in [7, 11) is 0. The third-order valence-corrected chi connectivity index (χ3v) is 2.14. The SMILES string of the molecule is N#Cc1ccncc1OCCc1cnccn1. The molecule has 0 saturated carbocycles. The van der Waals surface area contributed by atoms with E-state index < -0.39 is 0 Å². The Bertz CT molecular complexity index is 522. The van der Waals surface area contributed by atoms with E-state index in [0.717, 1.165) is 5.69 Å². The first kappa shape index (κ1) is 11.0. The van der Waals surface area contributed by atoms with Crippen LogP contribution in [0.5, 0.6) is 5.75 Å². The largest absolute Gasteiger partial charge is 0.490 e. The predicted octanol–water partition coefficient (Wildman–Crippen LogP) is 1.36. The molecule has 2 heterocycles. The van der Waals surface area contributed by atoms with Crippen molar-refractivity contribution in [3.8, 4) is 11.8 Å². The quantitative estimate of drug-likeness (QED) is 0.787. The first-order valence-electron chi connectivity index (χ1n) is 5.12. The van der Waals surface area contributed by atoms with Crippen LogP contribution in [0.4, 0.5) is 0 Å². The van der Waals surface area contributed by atoms with Crippen molar-refractivity contribution in [1.82, 2.24) is 15.0 Å². The third-order valence-electron chi connectivity index (χ3n) is 2.14. The van der Waals surface area contributed by atoms with Crippen LogP contribution in [0.2, 0.25) is 0 Å². The lowest BCUT2D eigenvalue weighted by molar-refractivity contribution is 0.318. The van der Waals surface area contributed by atoms with Crippen molar-refractivity contribution >= 4 is 0 Å². The lowest BCUT2D eigenvalue weighted by Crippen LogP contribution is -2.04. The highest BCUT2D eigenvalue weighted by Gasteiger charge is 2.02. The van der Waals surface area contributed by atoms with Gasteiger partial charge in [-0.25, -0.2) is 0 Å². The summed E-state index contributed by atoms with van der Waals surface area (Å²) in [5.74, 6) is 0.499. The molecule has 2 aromatic heterocycles. The van der Waals surface area contributed by atoms with Gasteiger partial charge in [0, 0.05) is 31.2 Å². The van der Waals surface area contributed by atoms with E-state index in [-0.39, 0.29) is 0 Å². The maximum Gasteiger partial charge on any atom is 0.155 e. The van der Waals surface area contributed by atoms with Crippen molar-refractivity contribution in [3.63, 3.8) is 0 Å². The predicted molar refractivity (Wildman–Crippen MR) is 60.2 cm³/mol. The van der Waals surface area contributed by atoms with Crippen LogP contribution in [0, 0.1) is 11.3 Å². The topological polar surface area (TPSA) is 71.7 Å². The van der Waals surface area contributed by atoms with Crippen LogP contribution in [0.25, 0.3) is 0 Å². The Balaban J connectivity index is 1.93. The maximum atomic E-state index is 8.85. The van der Waals surface area contributed by atoms with E-state index in [2.05, 4.69) is 21.0 Å². The van der Waals surface area contributed by atoms with Gasteiger partial charge in [-0.1, -0.05) is 0 Å². The molecule has 0 saturated heterocycles. The van der Waals surface area contributed by atoms with E-state index in [0.29, 0.717) is 24.3 Å². The molecule has 0 unspecified atom stereocenters. The van der Waals surface area contributed by atoms with Gasteiger partial charge in [-0.2, -0.15) is 5.26 Å². The Morgan fingerprint density at radius 1 is 1.18 bits per heavy atom. The van der Waals surface area contributed by atoms with Gasteiger partial charge >= 0.3 is 0 Å². The molecule has 2 aromatic rings. The van der Waals surface area contributed by atoms with Crippen LogP contribution in [0.1, 0.15) is 11.3 Å². The summed E-state index contributed by atoms with van der Waals surface area (Å²) >= 11 is 0. The molecular weight excluding hydrogens is 216 g/mol. The van der Waals surface area contributed by atoms with E-state index in [1.165, 1.54) is 6.20 Å². The molecule has 0 aliphatic rings. The average molecular weight is 226 g/mol. The molecule has 84 valence electrons. The molecule has 0 aromatic carbocycles. The summed E-state index contributed by atoms with van der Waals surface area (Å²) in [4.78, 5) is 12.0. The second kappa shape index (κ2) is 5.56. The Labute approximate surface area is 98.7 Å². The fourth-order valence-corrected chi connectivity index (χ4v) is 1.31. The van der Waals surface area contributed by atoms with Crippen molar-refractivity contribution in [2.45, 2.75) is 6.42 Å². The van der Waals surface area contributed by atoms with Gasteiger partial charge in [0.2, 0.25) is 0 Å². The van der Waals surface area contributed by atoms with E-state index >= 15 is 0 Å². The number of nitriles is 1. The van der Waals surface area contributed by atoms with E-state index in [1.807, 2.05) is 0 Å². The smallest absolute Gasteiger partial charge is 0.155 e. The van der Waals surface area contributed by atoms with E-state index in [1.54, 1.807) is 30.9 Å².